The Morgan fingerprint density at radius 3 is 2.42 bits per heavy atom. The molecule has 2 aromatic carbocycles. The number of rotatable bonds is 8. The van der Waals surface area contributed by atoms with E-state index in [1.54, 1.807) is 7.11 Å². The molecular weight excluding hydrogens is 320 g/mol. The summed E-state index contributed by atoms with van der Waals surface area (Å²) in [6.45, 7) is 5.53. The summed E-state index contributed by atoms with van der Waals surface area (Å²) in [6, 6.07) is 17.7. The van der Waals surface area contributed by atoms with Gasteiger partial charge in [0.1, 0.15) is 5.75 Å². The van der Waals surface area contributed by atoms with Crippen molar-refractivity contribution in [1.82, 2.24) is 5.32 Å². The molecule has 1 heterocycles. The van der Waals surface area contributed by atoms with Crippen LogP contribution in [0.4, 0.5) is 5.69 Å². The van der Waals surface area contributed by atoms with E-state index in [1.807, 2.05) is 12.1 Å². The molecule has 0 spiro atoms. The van der Waals surface area contributed by atoms with Gasteiger partial charge in [-0.05, 0) is 55.0 Å². The number of para-hydroxylation sites is 1. The van der Waals surface area contributed by atoms with Crippen molar-refractivity contribution in [3.63, 3.8) is 0 Å². The van der Waals surface area contributed by atoms with Gasteiger partial charge in [-0.1, -0.05) is 43.7 Å². The van der Waals surface area contributed by atoms with Crippen LogP contribution in [0.1, 0.15) is 56.2 Å². The van der Waals surface area contributed by atoms with Crippen LogP contribution < -0.4 is 15.0 Å². The second-order valence-electron chi connectivity index (χ2n) is 7.18. The Balaban J connectivity index is 1.74. The smallest absolute Gasteiger partial charge is 0.118 e. The molecule has 0 aliphatic carbocycles. The van der Waals surface area contributed by atoms with Crippen molar-refractivity contribution < 1.29 is 4.74 Å². The Kier molecular flexibility index (Phi) is 6.96. The van der Waals surface area contributed by atoms with Crippen molar-refractivity contribution in [2.75, 3.05) is 25.1 Å². The third-order valence-corrected chi connectivity index (χ3v) is 5.30. The van der Waals surface area contributed by atoms with Crippen LogP contribution in [0.15, 0.2) is 48.5 Å². The summed E-state index contributed by atoms with van der Waals surface area (Å²) in [5, 5.41) is 3.80. The highest BCUT2D eigenvalue weighted by Crippen LogP contribution is 2.31. The number of piperidine rings is 1. The fourth-order valence-electron chi connectivity index (χ4n) is 3.85. The molecule has 1 aliphatic heterocycles. The largest absolute Gasteiger partial charge is 0.497 e. The van der Waals surface area contributed by atoms with Gasteiger partial charge in [-0.15, -0.1) is 0 Å². The van der Waals surface area contributed by atoms with E-state index in [2.05, 4.69) is 53.5 Å². The summed E-state index contributed by atoms with van der Waals surface area (Å²) in [4.78, 5) is 2.58. The van der Waals surface area contributed by atoms with Crippen LogP contribution in [-0.2, 0) is 6.54 Å². The third-order valence-electron chi connectivity index (χ3n) is 5.30. The highest BCUT2D eigenvalue weighted by atomic mass is 16.5. The Bertz CT molecular complexity index is 662. The SMILES string of the molecule is CCC[C@H](NCc1ccc(OC)cc1)c1ccccc1N1CCCCC1. The molecule has 0 amide bonds. The van der Waals surface area contributed by atoms with E-state index in [0.29, 0.717) is 6.04 Å². The highest BCUT2D eigenvalue weighted by Gasteiger charge is 2.19. The Hall–Kier alpha value is -2.00. The van der Waals surface area contributed by atoms with E-state index < -0.39 is 0 Å². The number of nitrogens with zero attached hydrogens (tertiary/aromatic N) is 1. The maximum absolute atomic E-state index is 5.26. The Morgan fingerprint density at radius 1 is 1.00 bits per heavy atom. The second kappa shape index (κ2) is 9.63. The zero-order chi connectivity index (χ0) is 18.2. The predicted octanol–water partition coefficient (Wildman–Crippen LogP) is 5.32. The molecule has 3 rings (SSSR count). The van der Waals surface area contributed by atoms with Crippen molar-refractivity contribution in [2.24, 2.45) is 0 Å². The average molecular weight is 353 g/mol. The van der Waals surface area contributed by atoms with Crippen molar-refractivity contribution in [3.8, 4) is 5.75 Å². The summed E-state index contributed by atoms with van der Waals surface area (Å²) in [6.07, 6.45) is 6.32. The summed E-state index contributed by atoms with van der Waals surface area (Å²) >= 11 is 0. The van der Waals surface area contributed by atoms with Crippen LogP contribution in [0.25, 0.3) is 0 Å². The molecule has 1 aliphatic rings. The van der Waals surface area contributed by atoms with E-state index in [1.165, 1.54) is 55.6 Å². The fourth-order valence-corrected chi connectivity index (χ4v) is 3.85. The molecule has 140 valence electrons. The van der Waals surface area contributed by atoms with Gasteiger partial charge in [0.05, 0.1) is 7.11 Å². The van der Waals surface area contributed by atoms with Gasteiger partial charge in [-0.25, -0.2) is 0 Å². The minimum absolute atomic E-state index is 0.389. The van der Waals surface area contributed by atoms with Gasteiger partial charge in [-0.2, -0.15) is 0 Å². The van der Waals surface area contributed by atoms with Crippen molar-refractivity contribution in [2.45, 2.75) is 51.6 Å². The van der Waals surface area contributed by atoms with Crippen LogP contribution in [0.2, 0.25) is 0 Å². The summed E-state index contributed by atoms with van der Waals surface area (Å²) in [5.74, 6) is 0.911. The lowest BCUT2D eigenvalue weighted by atomic mass is 9.98. The maximum atomic E-state index is 5.26. The standard InChI is InChI=1S/C23H32N2O/c1-3-9-22(24-18-19-12-14-20(26-2)15-13-19)21-10-5-6-11-23(21)25-16-7-4-8-17-25/h5-6,10-15,22,24H,3-4,7-9,16-18H2,1-2H3/t22-/m0/s1. The maximum Gasteiger partial charge on any atom is 0.118 e. The molecule has 26 heavy (non-hydrogen) atoms. The summed E-state index contributed by atoms with van der Waals surface area (Å²) in [5.41, 5.74) is 4.17. The van der Waals surface area contributed by atoms with Crippen LogP contribution in [0.5, 0.6) is 5.75 Å². The van der Waals surface area contributed by atoms with Crippen LogP contribution in [0.3, 0.4) is 0 Å². The lowest BCUT2D eigenvalue weighted by molar-refractivity contribution is 0.414. The van der Waals surface area contributed by atoms with Crippen molar-refractivity contribution in [1.29, 1.82) is 0 Å². The quantitative estimate of drug-likeness (QED) is 0.696. The van der Waals surface area contributed by atoms with Gasteiger partial charge in [0.15, 0.2) is 0 Å². The molecule has 1 fully saturated rings. The number of anilines is 1. The minimum atomic E-state index is 0.389. The highest BCUT2D eigenvalue weighted by molar-refractivity contribution is 5.55. The predicted molar refractivity (Wildman–Crippen MR) is 110 cm³/mol. The normalized spacial score (nSPS) is 15.7. The zero-order valence-corrected chi connectivity index (χ0v) is 16.2. The number of benzene rings is 2. The van der Waals surface area contributed by atoms with Gasteiger partial charge < -0.3 is 15.0 Å². The average Bonchev–Trinajstić information content (AvgIpc) is 2.72. The first kappa shape index (κ1) is 18.8. The zero-order valence-electron chi connectivity index (χ0n) is 16.2. The number of methoxy groups -OCH3 is 1. The molecule has 0 radical (unpaired) electrons. The number of nitrogens with one attached hydrogen (secondary N) is 1. The Morgan fingerprint density at radius 2 is 1.73 bits per heavy atom. The lowest BCUT2D eigenvalue weighted by Crippen LogP contribution is -2.32. The molecule has 3 nitrogen and oxygen atoms in total. The van der Waals surface area contributed by atoms with E-state index >= 15 is 0 Å². The monoisotopic (exact) mass is 352 g/mol. The van der Waals surface area contributed by atoms with Gasteiger partial charge in [0.2, 0.25) is 0 Å². The lowest BCUT2D eigenvalue weighted by Gasteiger charge is -2.33. The topological polar surface area (TPSA) is 24.5 Å². The van der Waals surface area contributed by atoms with E-state index in [9.17, 15) is 0 Å². The molecule has 1 N–H and O–H groups in total. The molecule has 1 saturated heterocycles. The first-order valence-corrected chi connectivity index (χ1v) is 10.0. The first-order chi connectivity index (χ1) is 12.8. The van der Waals surface area contributed by atoms with Gasteiger partial charge in [0, 0.05) is 31.4 Å². The molecule has 0 bridgehead atoms. The Labute approximate surface area is 158 Å². The number of hydrogen-bond acceptors (Lipinski definition) is 3. The van der Waals surface area contributed by atoms with Gasteiger partial charge in [0.25, 0.3) is 0 Å². The first-order valence-electron chi connectivity index (χ1n) is 10.0. The molecule has 2 aromatic rings. The van der Waals surface area contributed by atoms with Crippen molar-refractivity contribution in [3.05, 3.63) is 59.7 Å². The summed E-state index contributed by atoms with van der Waals surface area (Å²) < 4.78 is 5.26. The number of ether oxygens (including phenoxy) is 1. The van der Waals surface area contributed by atoms with Crippen molar-refractivity contribution >= 4 is 5.69 Å². The van der Waals surface area contributed by atoms with Gasteiger partial charge in [-0.3, -0.25) is 0 Å². The third kappa shape index (κ3) is 4.79. The summed E-state index contributed by atoms with van der Waals surface area (Å²) in [7, 11) is 1.71. The molecule has 3 heteroatoms. The minimum Gasteiger partial charge on any atom is -0.497 e. The van der Waals surface area contributed by atoms with Crippen LogP contribution in [0, 0.1) is 0 Å². The molecule has 1 atom stereocenters. The molecule has 0 unspecified atom stereocenters. The molecular formula is C23H32N2O. The van der Waals surface area contributed by atoms with E-state index in [0.717, 1.165) is 18.7 Å². The fraction of sp³-hybridized carbons (Fsp3) is 0.478. The molecule has 0 aromatic heterocycles. The van der Waals surface area contributed by atoms with Gasteiger partial charge >= 0.3 is 0 Å². The molecule has 0 saturated carbocycles. The van der Waals surface area contributed by atoms with E-state index in [4.69, 9.17) is 4.74 Å². The second-order valence-corrected chi connectivity index (χ2v) is 7.18. The number of hydrogen-bond donors (Lipinski definition) is 1. The van der Waals surface area contributed by atoms with Crippen LogP contribution in [-0.4, -0.2) is 20.2 Å². The van der Waals surface area contributed by atoms with E-state index in [-0.39, 0.29) is 0 Å². The van der Waals surface area contributed by atoms with Crippen LogP contribution >= 0.6 is 0 Å².